The molecular weight excluding hydrogens is 252 g/mol. The van der Waals surface area contributed by atoms with Crippen LogP contribution in [-0.4, -0.2) is 23.4 Å². The van der Waals surface area contributed by atoms with Gasteiger partial charge in [-0.2, -0.15) is 0 Å². The lowest BCUT2D eigenvalue weighted by molar-refractivity contribution is -0.383. The highest BCUT2D eigenvalue weighted by molar-refractivity contribution is 5.95. The number of nitro groups is 1. The minimum atomic E-state index is -0.653. The van der Waals surface area contributed by atoms with Crippen LogP contribution in [0.5, 0.6) is 0 Å². The summed E-state index contributed by atoms with van der Waals surface area (Å²) >= 11 is 0. The summed E-state index contributed by atoms with van der Waals surface area (Å²) in [6.45, 7) is 1.13. The SMILES string of the molecule is C/C=C/C(=O)OCC(=O)Nc1ccccc1[N+](=O)[O-]. The highest BCUT2D eigenvalue weighted by atomic mass is 16.6. The molecule has 1 amide bonds. The summed E-state index contributed by atoms with van der Waals surface area (Å²) in [7, 11) is 0. The van der Waals surface area contributed by atoms with Crippen LogP contribution < -0.4 is 5.32 Å². The number of carbonyl (C=O) groups excluding carboxylic acids is 2. The van der Waals surface area contributed by atoms with Gasteiger partial charge in [-0.1, -0.05) is 18.2 Å². The van der Waals surface area contributed by atoms with Crippen molar-refractivity contribution in [2.75, 3.05) is 11.9 Å². The van der Waals surface area contributed by atoms with Gasteiger partial charge in [-0.25, -0.2) is 4.79 Å². The van der Waals surface area contributed by atoms with Gasteiger partial charge in [-0.05, 0) is 13.0 Å². The predicted octanol–water partition coefficient (Wildman–Crippen LogP) is 1.65. The summed E-state index contributed by atoms with van der Waals surface area (Å²) in [6.07, 6.45) is 2.64. The molecule has 7 nitrogen and oxygen atoms in total. The van der Waals surface area contributed by atoms with Crippen LogP contribution in [0.25, 0.3) is 0 Å². The lowest BCUT2D eigenvalue weighted by Gasteiger charge is -2.05. The Balaban J connectivity index is 2.62. The fraction of sp³-hybridized carbons (Fsp3) is 0.167. The van der Waals surface area contributed by atoms with Crippen LogP contribution in [-0.2, 0) is 14.3 Å². The fourth-order valence-corrected chi connectivity index (χ4v) is 1.25. The van der Waals surface area contributed by atoms with Crippen molar-refractivity contribution in [1.29, 1.82) is 0 Å². The zero-order valence-electron chi connectivity index (χ0n) is 10.2. The molecule has 1 aromatic rings. The summed E-state index contributed by atoms with van der Waals surface area (Å²) < 4.78 is 4.61. The van der Waals surface area contributed by atoms with Crippen molar-refractivity contribution in [3.63, 3.8) is 0 Å². The number of rotatable bonds is 5. The van der Waals surface area contributed by atoms with E-state index in [9.17, 15) is 19.7 Å². The van der Waals surface area contributed by atoms with E-state index >= 15 is 0 Å². The minimum absolute atomic E-state index is 0.0552. The van der Waals surface area contributed by atoms with Gasteiger partial charge >= 0.3 is 5.97 Å². The quantitative estimate of drug-likeness (QED) is 0.377. The molecule has 0 unspecified atom stereocenters. The van der Waals surface area contributed by atoms with Crippen LogP contribution in [0.15, 0.2) is 36.4 Å². The van der Waals surface area contributed by atoms with Crippen molar-refractivity contribution in [1.82, 2.24) is 0 Å². The van der Waals surface area contributed by atoms with Crippen molar-refractivity contribution in [2.24, 2.45) is 0 Å². The van der Waals surface area contributed by atoms with Gasteiger partial charge in [-0.15, -0.1) is 0 Å². The van der Waals surface area contributed by atoms with E-state index in [1.54, 1.807) is 13.0 Å². The predicted molar refractivity (Wildman–Crippen MR) is 67.5 cm³/mol. The second-order valence-corrected chi connectivity index (χ2v) is 3.43. The third kappa shape index (κ3) is 4.58. The molecule has 0 atom stereocenters. The molecule has 0 fully saturated rings. The smallest absolute Gasteiger partial charge is 0.330 e. The van der Waals surface area contributed by atoms with E-state index in [1.165, 1.54) is 24.3 Å². The molecular formula is C12H12N2O5. The first-order valence-corrected chi connectivity index (χ1v) is 5.37. The summed E-state index contributed by atoms with van der Waals surface area (Å²) in [6, 6.07) is 5.69. The molecule has 0 aliphatic carbocycles. The first-order chi connectivity index (χ1) is 9.04. The van der Waals surface area contributed by atoms with Crippen LogP contribution in [0.3, 0.4) is 0 Å². The van der Waals surface area contributed by atoms with Crippen molar-refractivity contribution >= 4 is 23.3 Å². The van der Waals surface area contributed by atoms with Gasteiger partial charge in [0.1, 0.15) is 5.69 Å². The molecule has 7 heteroatoms. The first kappa shape index (κ1) is 14.4. The number of amides is 1. The van der Waals surface area contributed by atoms with Gasteiger partial charge in [0.2, 0.25) is 0 Å². The maximum absolute atomic E-state index is 11.5. The lowest BCUT2D eigenvalue weighted by atomic mass is 10.2. The molecule has 19 heavy (non-hydrogen) atoms. The monoisotopic (exact) mass is 264 g/mol. The number of allylic oxidation sites excluding steroid dienone is 1. The zero-order chi connectivity index (χ0) is 14.3. The molecule has 0 aliphatic heterocycles. The summed E-state index contributed by atoms with van der Waals surface area (Å²) in [4.78, 5) is 32.5. The van der Waals surface area contributed by atoms with E-state index in [0.717, 1.165) is 6.08 Å². The summed E-state index contributed by atoms with van der Waals surface area (Å²) in [5, 5.41) is 13.0. The Kier molecular flexibility index (Phi) is 5.21. The highest BCUT2D eigenvalue weighted by Crippen LogP contribution is 2.22. The number of hydrogen-bond acceptors (Lipinski definition) is 5. The molecule has 0 radical (unpaired) electrons. The topological polar surface area (TPSA) is 98.5 Å². The lowest BCUT2D eigenvalue weighted by Crippen LogP contribution is -2.20. The summed E-state index contributed by atoms with van der Waals surface area (Å²) in [5.74, 6) is -1.30. The van der Waals surface area contributed by atoms with E-state index in [4.69, 9.17) is 0 Å². The third-order valence-electron chi connectivity index (χ3n) is 2.02. The molecule has 1 N–H and O–H groups in total. The van der Waals surface area contributed by atoms with E-state index in [-0.39, 0.29) is 11.4 Å². The van der Waals surface area contributed by atoms with Crippen molar-refractivity contribution in [3.05, 3.63) is 46.5 Å². The van der Waals surface area contributed by atoms with Crippen LogP contribution in [0, 0.1) is 10.1 Å². The molecule has 100 valence electrons. The molecule has 0 saturated heterocycles. The second kappa shape index (κ2) is 6.90. The fourth-order valence-electron chi connectivity index (χ4n) is 1.25. The van der Waals surface area contributed by atoms with Crippen molar-refractivity contribution in [2.45, 2.75) is 6.92 Å². The number of carbonyl (C=O) groups is 2. The maximum atomic E-state index is 11.5. The van der Waals surface area contributed by atoms with Gasteiger partial charge < -0.3 is 10.1 Å². The van der Waals surface area contributed by atoms with Crippen LogP contribution in [0.2, 0.25) is 0 Å². The number of nitro benzene ring substituents is 1. The molecule has 0 aliphatic rings. The first-order valence-electron chi connectivity index (χ1n) is 5.37. The van der Waals surface area contributed by atoms with Gasteiger partial charge in [0.15, 0.2) is 6.61 Å². The Morgan fingerprint density at radius 3 is 2.74 bits per heavy atom. The Morgan fingerprint density at radius 1 is 1.42 bits per heavy atom. The van der Waals surface area contributed by atoms with Crippen LogP contribution in [0.4, 0.5) is 11.4 Å². The number of nitrogens with one attached hydrogen (secondary N) is 1. The third-order valence-corrected chi connectivity index (χ3v) is 2.02. The van der Waals surface area contributed by atoms with E-state index in [1.807, 2.05) is 0 Å². The molecule has 0 heterocycles. The average molecular weight is 264 g/mol. The molecule has 0 spiro atoms. The Bertz CT molecular complexity index is 525. The number of esters is 1. The largest absolute Gasteiger partial charge is 0.452 e. The second-order valence-electron chi connectivity index (χ2n) is 3.43. The molecule has 1 rings (SSSR count). The molecule has 1 aromatic carbocycles. The molecule has 0 bridgehead atoms. The normalized spacial score (nSPS) is 10.2. The van der Waals surface area contributed by atoms with Gasteiger partial charge in [-0.3, -0.25) is 14.9 Å². The molecule has 0 aromatic heterocycles. The number of para-hydroxylation sites is 2. The average Bonchev–Trinajstić information content (AvgIpc) is 2.37. The Hall–Kier alpha value is -2.70. The van der Waals surface area contributed by atoms with Crippen LogP contribution in [0.1, 0.15) is 6.92 Å². The number of benzene rings is 1. The van der Waals surface area contributed by atoms with Gasteiger partial charge in [0.25, 0.3) is 11.6 Å². The van der Waals surface area contributed by atoms with E-state index in [0.29, 0.717) is 0 Å². The maximum Gasteiger partial charge on any atom is 0.330 e. The number of anilines is 1. The standard InChI is InChI=1S/C12H12N2O5/c1-2-5-12(16)19-8-11(15)13-9-6-3-4-7-10(9)14(17)18/h2-7H,8H2,1H3,(H,13,15)/b5-2+. The van der Waals surface area contributed by atoms with E-state index < -0.39 is 23.4 Å². The van der Waals surface area contributed by atoms with Crippen molar-refractivity contribution < 1.29 is 19.2 Å². The Labute approximate surface area is 109 Å². The van der Waals surface area contributed by atoms with Gasteiger partial charge in [0.05, 0.1) is 4.92 Å². The number of hydrogen-bond donors (Lipinski definition) is 1. The minimum Gasteiger partial charge on any atom is -0.452 e. The van der Waals surface area contributed by atoms with E-state index in [2.05, 4.69) is 10.1 Å². The van der Waals surface area contributed by atoms with Gasteiger partial charge in [0, 0.05) is 12.1 Å². The number of nitrogens with zero attached hydrogens (tertiary/aromatic N) is 1. The Morgan fingerprint density at radius 2 is 2.11 bits per heavy atom. The highest BCUT2D eigenvalue weighted by Gasteiger charge is 2.15. The molecule has 0 saturated carbocycles. The zero-order valence-corrected chi connectivity index (χ0v) is 10.2. The number of ether oxygens (including phenoxy) is 1. The van der Waals surface area contributed by atoms with Crippen molar-refractivity contribution in [3.8, 4) is 0 Å². The summed E-state index contributed by atoms with van der Waals surface area (Å²) in [5.41, 5.74) is -0.171. The van der Waals surface area contributed by atoms with Crippen LogP contribution >= 0.6 is 0 Å².